The van der Waals surface area contributed by atoms with Gasteiger partial charge in [-0.3, -0.25) is 9.78 Å². The van der Waals surface area contributed by atoms with E-state index in [2.05, 4.69) is 34.5 Å². The zero-order valence-electron chi connectivity index (χ0n) is 15.6. The quantitative estimate of drug-likeness (QED) is 0.606. The molecule has 2 aromatic heterocycles. The molecule has 3 aromatic rings. The van der Waals surface area contributed by atoms with Crippen LogP contribution in [0, 0.1) is 6.92 Å². The van der Waals surface area contributed by atoms with Crippen molar-refractivity contribution in [1.82, 2.24) is 15.3 Å². The van der Waals surface area contributed by atoms with Crippen LogP contribution in [0.3, 0.4) is 0 Å². The molecule has 0 unspecified atom stereocenters. The highest BCUT2D eigenvalue weighted by Gasteiger charge is 2.14. The molecule has 0 aliphatic carbocycles. The van der Waals surface area contributed by atoms with Crippen molar-refractivity contribution < 1.29 is 4.79 Å². The van der Waals surface area contributed by atoms with E-state index < -0.39 is 0 Å². The predicted molar refractivity (Wildman–Crippen MR) is 108 cm³/mol. The SMILES string of the molecule is Cc1csc(CCCCNC(=O)c2cc(C(C)C)nc3ccccc23)n1. The van der Waals surface area contributed by atoms with Crippen molar-refractivity contribution in [3.05, 3.63) is 57.7 Å². The molecule has 0 saturated carbocycles. The van der Waals surface area contributed by atoms with Crippen molar-refractivity contribution in [2.45, 2.75) is 46.0 Å². The third kappa shape index (κ3) is 4.47. The monoisotopic (exact) mass is 367 g/mol. The van der Waals surface area contributed by atoms with Crippen molar-refractivity contribution in [1.29, 1.82) is 0 Å². The van der Waals surface area contributed by atoms with Crippen molar-refractivity contribution in [2.75, 3.05) is 6.54 Å². The number of nitrogens with one attached hydrogen (secondary N) is 1. The Kier molecular flexibility index (Phi) is 5.99. The Hall–Kier alpha value is -2.27. The Morgan fingerprint density at radius 3 is 2.73 bits per heavy atom. The lowest BCUT2D eigenvalue weighted by atomic mass is 10.0. The van der Waals surface area contributed by atoms with E-state index in [1.54, 1.807) is 11.3 Å². The van der Waals surface area contributed by atoms with E-state index in [9.17, 15) is 4.79 Å². The van der Waals surface area contributed by atoms with E-state index in [-0.39, 0.29) is 11.8 Å². The first-order valence-electron chi connectivity index (χ1n) is 9.13. The van der Waals surface area contributed by atoms with Gasteiger partial charge >= 0.3 is 0 Å². The molecular weight excluding hydrogens is 342 g/mol. The number of hydrogen-bond donors (Lipinski definition) is 1. The number of amides is 1. The molecular formula is C21H25N3OS. The van der Waals surface area contributed by atoms with Crippen molar-refractivity contribution >= 4 is 28.1 Å². The first-order valence-corrected chi connectivity index (χ1v) is 10.0. The topological polar surface area (TPSA) is 54.9 Å². The fourth-order valence-electron chi connectivity index (χ4n) is 2.90. The van der Waals surface area contributed by atoms with E-state index in [0.29, 0.717) is 6.54 Å². The number of unbranched alkanes of at least 4 members (excludes halogenated alkanes) is 1. The molecule has 0 fully saturated rings. The number of benzene rings is 1. The highest BCUT2D eigenvalue weighted by Crippen LogP contribution is 2.22. The normalized spacial score (nSPS) is 11.2. The lowest BCUT2D eigenvalue weighted by Gasteiger charge is -2.12. The molecule has 0 spiro atoms. The molecule has 2 heterocycles. The maximum Gasteiger partial charge on any atom is 0.252 e. The van der Waals surface area contributed by atoms with Gasteiger partial charge in [0.05, 0.1) is 16.1 Å². The second kappa shape index (κ2) is 8.41. The van der Waals surface area contributed by atoms with Crippen LogP contribution in [0.15, 0.2) is 35.7 Å². The van der Waals surface area contributed by atoms with E-state index in [1.807, 2.05) is 37.3 Å². The number of aromatic nitrogens is 2. The van der Waals surface area contributed by atoms with Crippen LogP contribution >= 0.6 is 11.3 Å². The van der Waals surface area contributed by atoms with Crippen LogP contribution in [-0.4, -0.2) is 22.4 Å². The minimum Gasteiger partial charge on any atom is -0.352 e. The Labute approximate surface area is 158 Å². The van der Waals surface area contributed by atoms with Crippen LogP contribution in [-0.2, 0) is 6.42 Å². The Balaban J connectivity index is 1.62. The molecule has 0 atom stereocenters. The summed E-state index contributed by atoms with van der Waals surface area (Å²) in [6.45, 7) is 6.89. The van der Waals surface area contributed by atoms with Gasteiger partial charge in [-0.1, -0.05) is 32.0 Å². The van der Waals surface area contributed by atoms with Crippen LogP contribution in [0.1, 0.15) is 59.4 Å². The van der Waals surface area contributed by atoms with Gasteiger partial charge in [0.1, 0.15) is 0 Å². The van der Waals surface area contributed by atoms with E-state index in [4.69, 9.17) is 0 Å². The van der Waals surface area contributed by atoms with E-state index in [1.165, 1.54) is 5.01 Å². The van der Waals surface area contributed by atoms with Crippen molar-refractivity contribution in [2.24, 2.45) is 0 Å². The molecule has 1 N–H and O–H groups in total. The van der Waals surface area contributed by atoms with Gasteiger partial charge in [0.15, 0.2) is 0 Å². The largest absolute Gasteiger partial charge is 0.352 e. The van der Waals surface area contributed by atoms with Gasteiger partial charge in [-0.2, -0.15) is 0 Å². The number of fused-ring (bicyclic) bond motifs is 1. The highest BCUT2D eigenvalue weighted by molar-refractivity contribution is 7.09. The van der Waals surface area contributed by atoms with Crippen LogP contribution in [0.4, 0.5) is 0 Å². The first kappa shape index (κ1) is 18.5. The Bertz CT molecular complexity index is 901. The van der Waals surface area contributed by atoms with Gasteiger partial charge in [-0.05, 0) is 44.2 Å². The number of pyridine rings is 1. The first-order chi connectivity index (χ1) is 12.5. The number of carbonyl (C=O) groups is 1. The average molecular weight is 368 g/mol. The Morgan fingerprint density at radius 2 is 2.00 bits per heavy atom. The second-order valence-electron chi connectivity index (χ2n) is 6.86. The molecule has 3 rings (SSSR count). The summed E-state index contributed by atoms with van der Waals surface area (Å²) in [4.78, 5) is 21.9. The van der Waals surface area contributed by atoms with Gasteiger partial charge in [0.2, 0.25) is 0 Å². The number of aryl methyl sites for hydroxylation is 2. The van der Waals surface area contributed by atoms with E-state index in [0.717, 1.165) is 47.1 Å². The van der Waals surface area contributed by atoms with Crippen LogP contribution in [0.25, 0.3) is 10.9 Å². The maximum absolute atomic E-state index is 12.7. The lowest BCUT2D eigenvalue weighted by Crippen LogP contribution is -2.25. The number of para-hydroxylation sites is 1. The fraction of sp³-hybridized carbons (Fsp3) is 0.381. The van der Waals surface area contributed by atoms with Crippen LogP contribution in [0.5, 0.6) is 0 Å². The third-order valence-electron chi connectivity index (χ3n) is 4.34. The molecule has 1 amide bonds. The van der Waals surface area contributed by atoms with Gasteiger partial charge in [-0.25, -0.2) is 4.98 Å². The second-order valence-corrected chi connectivity index (χ2v) is 7.80. The third-order valence-corrected chi connectivity index (χ3v) is 5.37. The summed E-state index contributed by atoms with van der Waals surface area (Å²) in [5.41, 5.74) is 3.63. The molecule has 0 saturated heterocycles. The molecule has 0 bridgehead atoms. The predicted octanol–water partition coefficient (Wildman–Crippen LogP) is 4.88. The highest BCUT2D eigenvalue weighted by atomic mass is 32.1. The summed E-state index contributed by atoms with van der Waals surface area (Å²) in [7, 11) is 0. The number of rotatable bonds is 7. The summed E-state index contributed by atoms with van der Waals surface area (Å²) in [5.74, 6) is 0.267. The summed E-state index contributed by atoms with van der Waals surface area (Å²) in [6, 6.07) is 9.77. The molecule has 5 heteroatoms. The molecule has 0 radical (unpaired) electrons. The summed E-state index contributed by atoms with van der Waals surface area (Å²) in [6.07, 6.45) is 2.95. The number of nitrogens with zero attached hydrogens (tertiary/aromatic N) is 2. The molecule has 4 nitrogen and oxygen atoms in total. The average Bonchev–Trinajstić information content (AvgIpc) is 3.05. The molecule has 0 aliphatic heterocycles. The maximum atomic E-state index is 12.7. The molecule has 0 aliphatic rings. The summed E-state index contributed by atoms with van der Waals surface area (Å²) in [5, 5.41) is 7.23. The number of thiazole rings is 1. The van der Waals surface area contributed by atoms with Gasteiger partial charge in [0.25, 0.3) is 5.91 Å². The minimum absolute atomic E-state index is 0.0180. The number of hydrogen-bond acceptors (Lipinski definition) is 4. The molecule has 1 aromatic carbocycles. The Morgan fingerprint density at radius 1 is 1.19 bits per heavy atom. The zero-order chi connectivity index (χ0) is 18.5. The van der Waals surface area contributed by atoms with Gasteiger partial charge < -0.3 is 5.32 Å². The molecule has 136 valence electrons. The van der Waals surface area contributed by atoms with Gasteiger partial charge in [-0.15, -0.1) is 11.3 Å². The van der Waals surface area contributed by atoms with Crippen molar-refractivity contribution in [3.8, 4) is 0 Å². The molecule has 26 heavy (non-hydrogen) atoms. The minimum atomic E-state index is -0.0180. The van der Waals surface area contributed by atoms with Crippen molar-refractivity contribution in [3.63, 3.8) is 0 Å². The van der Waals surface area contributed by atoms with Crippen LogP contribution in [0.2, 0.25) is 0 Å². The van der Waals surface area contributed by atoms with E-state index >= 15 is 0 Å². The zero-order valence-corrected chi connectivity index (χ0v) is 16.4. The standard InChI is InChI=1S/C21H25N3OS/c1-14(2)19-12-17(16-8-4-5-9-18(16)24-19)21(25)22-11-7-6-10-20-23-15(3)13-26-20/h4-5,8-9,12-14H,6-7,10-11H2,1-3H3,(H,22,25). The summed E-state index contributed by atoms with van der Waals surface area (Å²) < 4.78 is 0. The van der Waals surface area contributed by atoms with Gasteiger partial charge in [0, 0.05) is 28.7 Å². The summed E-state index contributed by atoms with van der Waals surface area (Å²) >= 11 is 1.71. The fourth-order valence-corrected chi connectivity index (χ4v) is 3.71. The lowest BCUT2D eigenvalue weighted by molar-refractivity contribution is 0.0954. The smallest absolute Gasteiger partial charge is 0.252 e. The van der Waals surface area contributed by atoms with Crippen LogP contribution < -0.4 is 5.32 Å². The number of carbonyl (C=O) groups excluding carboxylic acids is 1.